The molecule has 1 saturated carbocycles. The molecule has 1 unspecified atom stereocenters. The molecule has 1 aliphatic rings. The Balaban J connectivity index is 1.73. The van der Waals surface area contributed by atoms with Crippen molar-refractivity contribution in [3.63, 3.8) is 0 Å². The van der Waals surface area contributed by atoms with E-state index in [4.69, 9.17) is 11.6 Å². The molecular formula is C31H36ClN3O4S. The van der Waals surface area contributed by atoms with Gasteiger partial charge in [0.2, 0.25) is 21.8 Å². The summed E-state index contributed by atoms with van der Waals surface area (Å²) >= 11 is 6.26. The van der Waals surface area contributed by atoms with Gasteiger partial charge in [-0.2, -0.15) is 0 Å². The van der Waals surface area contributed by atoms with E-state index in [1.807, 2.05) is 42.5 Å². The maximum absolute atomic E-state index is 14.2. The van der Waals surface area contributed by atoms with Crippen molar-refractivity contribution in [2.24, 2.45) is 0 Å². The highest BCUT2D eigenvalue weighted by atomic mass is 35.5. The molecule has 1 aliphatic carbocycles. The van der Waals surface area contributed by atoms with Gasteiger partial charge in [-0.1, -0.05) is 85.1 Å². The molecule has 0 spiro atoms. The Bertz CT molecular complexity index is 1430. The molecule has 2 amide bonds. The van der Waals surface area contributed by atoms with Crippen LogP contribution in [0.5, 0.6) is 0 Å². The molecule has 3 aromatic carbocycles. The zero-order chi connectivity index (χ0) is 28.7. The van der Waals surface area contributed by atoms with Gasteiger partial charge in [-0.05, 0) is 54.7 Å². The molecule has 1 fully saturated rings. The minimum atomic E-state index is -3.81. The highest BCUT2D eigenvalue weighted by Gasteiger charge is 2.34. The molecule has 9 heteroatoms. The Kier molecular flexibility index (Phi) is 9.87. The van der Waals surface area contributed by atoms with Gasteiger partial charge in [0.05, 0.1) is 11.9 Å². The highest BCUT2D eigenvalue weighted by molar-refractivity contribution is 7.92. The molecule has 0 bridgehead atoms. The Morgan fingerprint density at radius 2 is 1.60 bits per heavy atom. The molecular weight excluding hydrogens is 546 g/mol. The first-order valence-corrected chi connectivity index (χ1v) is 15.8. The van der Waals surface area contributed by atoms with E-state index in [9.17, 15) is 18.0 Å². The molecule has 7 nitrogen and oxygen atoms in total. The molecule has 0 aromatic heterocycles. The highest BCUT2D eigenvalue weighted by Crippen LogP contribution is 2.24. The molecule has 0 saturated heterocycles. The van der Waals surface area contributed by atoms with E-state index in [-0.39, 0.29) is 24.9 Å². The number of rotatable bonds is 11. The van der Waals surface area contributed by atoms with Crippen LogP contribution < -0.4 is 9.62 Å². The van der Waals surface area contributed by atoms with E-state index in [1.54, 1.807) is 43.3 Å². The lowest BCUT2D eigenvalue weighted by Gasteiger charge is -2.34. The summed E-state index contributed by atoms with van der Waals surface area (Å²) in [7, 11) is -3.81. The van der Waals surface area contributed by atoms with Gasteiger partial charge in [0.1, 0.15) is 12.6 Å². The summed E-state index contributed by atoms with van der Waals surface area (Å²) in [5.74, 6) is -0.718. The summed E-state index contributed by atoms with van der Waals surface area (Å²) in [5, 5.41) is 3.68. The first-order valence-electron chi connectivity index (χ1n) is 13.5. The van der Waals surface area contributed by atoms with Crippen molar-refractivity contribution in [2.45, 2.75) is 57.7 Å². The fraction of sp³-hybridized carbons (Fsp3) is 0.355. The second-order valence-corrected chi connectivity index (χ2v) is 12.7. The normalized spacial score (nSPS) is 14.5. The second-order valence-electron chi connectivity index (χ2n) is 10.4. The Morgan fingerprint density at radius 3 is 2.25 bits per heavy atom. The summed E-state index contributed by atoms with van der Waals surface area (Å²) in [6.07, 6.45) is 5.29. The number of hydrogen-bond donors (Lipinski definition) is 1. The number of hydrogen-bond acceptors (Lipinski definition) is 4. The first-order chi connectivity index (χ1) is 19.1. The zero-order valence-corrected chi connectivity index (χ0v) is 24.5. The van der Waals surface area contributed by atoms with Crippen molar-refractivity contribution >= 4 is 39.1 Å². The number of aryl methyl sites for hydroxylation is 1. The monoisotopic (exact) mass is 581 g/mol. The van der Waals surface area contributed by atoms with Crippen LogP contribution in [-0.4, -0.2) is 50.0 Å². The Morgan fingerprint density at radius 1 is 0.950 bits per heavy atom. The third-order valence-electron chi connectivity index (χ3n) is 7.28. The summed E-state index contributed by atoms with van der Waals surface area (Å²) in [4.78, 5) is 29.5. The van der Waals surface area contributed by atoms with Crippen LogP contribution in [0.1, 0.15) is 42.4 Å². The minimum Gasteiger partial charge on any atom is -0.352 e. The van der Waals surface area contributed by atoms with Crippen LogP contribution in [0.3, 0.4) is 0 Å². The summed E-state index contributed by atoms with van der Waals surface area (Å²) in [6.45, 7) is 1.46. The molecule has 0 heterocycles. The van der Waals surface area contributed by atoms with Crippen LogP contribution in [0.4, 0.5) is 5.69 Å². The van der Waals surface area contributed by atoms with Crippen LogP contribution in [0.2, 0.25) is 5.02 Å². The van der Waals surface area contributed by atoms with E-state index < -0.39 is 28.5 Å². The topological polar surface area (TPSA) is 86.8 Å². The van der Waals surface area contributed by atoms with Crippen LogP contribution in [0.25, 0.3) is 0 Å². The fourth-order valence-electron chi connectivity index (χ4n) is 5.19. The fourth-order valence-corrected chi connectivity index (χ4v) is 6.31. The van der Waals surface area contributed by atoms with E-state index in [1.165, 1.54) is 4.90 Å². The van der Waals surface area contributed by atoms with E-state index in [0.29, 0.717) is 10.7 Å². The number of anilines is 1. The van der Waals surface area contributed by atoms with Gasteiger partial charge >= 0.3 is 0 Å². The number of nitrogens with zero attached hydrogens (tertiary/aromatic N) is 2. The molecule has 40 heavy (non-hydrogen) atoms. The lowest BCUT2D eigenvalue weighted by Crippen LogP contribution is -2.54. The van der Waals surface area contributed by atoms with E-state index in [0.717, 1.165) is 52.9 Å². The molecule has 4 rings (SSSR count). The number of halogens is 1. The quantitative estimate of drug-likeness (QED) is 0.341. The Hall–Kier alpha value is -3.36. The van der Waals surface area contributed by atoms with Crippen molar-refractivity contribution in [3.8, 4) is 0 Å². The third kappa shape index (κ3) is 7.86. The maximum Gasteiger partial charge on any atom is 0.244 e. The van der Waals surface area contributed by atoms with Gasteiger partial charge in [0.25, 0.3) is 0 Å². The smallest absolute Gasteiger partial charge is 0.244 e. The van der Waals surface area contributed by atoms with Crippen LogP contribution in [0, 0.1) is 6.92 Å². The molecule has 0 radical (unpaired) electrons. The zero-order valence-electron chi connectivity index (χ0n) is 22.9. The van der Waals surface area contributed by atoms with Gasteiger partial charge in [-0.15, -0.1) is 0 Å². The van der Waals surface area contributed by atoms with Gasteiger partial charge in [0.15, 0.2) is 0 Å². The Labute approximate surface area is 242 Å². The maximum atomic E-state index is 14.2. The summed E-state index contributed by atoms with van der Waals surface area (Å²) < 4.78 is 27.0. The number of benzene rings is 3. The van der Waals surface area contributed by atoms with Crippen LogP contribution in [-0.2, 0) is 32.6 Å². The number of carbonyl (C=O) groups is 2. The first kappa shape index (κ1) is 29.6. The van der Waals surface area contributed by atoms with E-state index in [2.05, 4.69) is 5.32 Å². The second kappa shape index (κ2) is 13.3. The largest absolute Gasteiger partial charge is 0.352 e. The van der Waals surface area contributed by atoms with Crippen LogP contribution in [0.15, 0.2) is 78.9 Å². The third-order valence-corrected chi connectivity index (χ3v) is 8.64. The summed E-state index contributed by atoms with van der Waals surface area (Å²) in [5.41, 5.74) is 2.80. The predicted octanol–water partition coefficient (Wildman–Crippen LogP) is 5.11. The summed E-state index contributed by atoms with van der Waals surface area (Å²) in [6, 6.07) is 22.9. The number of amides is 2. The van der Waals surface area contributed by atoms with Crippen LogP contribution >= 0.6 is 11.6 Å². The van der Waals surface area contributed by atoms with Crippen molar-refractivity contribution in [2.75, 3.05) is 17.1 Å². The van der Waals surface area contributed by atoms with Gasteiger partial charge in [0, 0.05) is 24.0 Å². The molecule has 0 aliphatic heterocycles. The number of para-hydroxylation sites is 1. The minimum absolute atomic E-state index is 0.0633. The average molecular weight is 582 g/mol. The number of sulfonamides is 1. The molecule has 1 atom stereocenters. The van der Waals surface area contributed by atoms with Crippen molar-refractivity contribution in [3.05, 3.63) is 101 Å². The standard InChI is InChI=1S/C31H36ClN3O4S/c1-23-11-6-9-18-28(23)35(40(2,38)39)22-30(36)34(21-25-14-10-15-26(32)19-25)29(20-24-12-4-3-5-13-24)31(37)33-27-16-7-8-17-27/h3-6,9-15,18-19,27,29H,7-8,16-17,20-22H2,1-2H3,(H,33,37). The number of carbonyl (C=O) groups excluding carboxylic acids is 2. The molecule has 3 aromatic rings. The van der Waals surface area contributed by atoms with Crippen molar-refractivity contribution in [1.29, 1.82) is 0 Å². The lowest BCUT2D eigenvalue weighted by atomic mass is 10.0. The van der Waals surface area contributed by atoms with Crippen molar-refractivity contribution in [1.82, 2.24) is 10.2 Å². The van der Waals surface area contributed by atoms with Gasteiger partial charge in [-0.25, -0.2) is 8.42 Å². The predicted molar refractivity (Wildman–Crippen MR) is 160 cm³/mol. The average Bonchev–Trinajstić information content (AvgIpc) is 3.43. The SMILES string of the molecule is Cc1ccccc1N(CC(=O)N(Cc1cccc(Cl)c1)C(Cc1ccccc1)C(=O)NC1CCCC1)S(C)(=O)=O. The number of nitrogens with one attached hydrogen (secondary N) is 1. The molecule has 212 valence electrons. The van der Waals surface area contributed by atoms with E-state index >= 15 is 0 Å². The lowest BCUT2D eigenvalue weighted by molar-refractivity contribution is -0.140. The molecule has 1 N–H and O–H groups in total. The van der Waals surface area contributed by atoms with Gasteiger partial charge < -0.3 is 10.2 Å². The van der Waals surface area contributed by atoms with Gasteiger partial charge in [-0.3, -0.25) is 13.9 Å². The van der Waals surface area contributed by atoms with Crippen molar-refractivity contribution < 1.29 is 18.0 Å².